The van der Waals surface area contributed by atoms with Gasteiger partial charge in [0.2, 0.25) is 0 Å². The fraction of sp³-hybridized carbons (Fsp3) is 0.696. The maximum Gasteiger partial charge on any atom is 0.416 e. The Labute approximate surface area is 184 Å². The van der Waals surface area contributed by atoms with Crippen LogP contribution in [0.1, 0.15) is 43.7 Å². The van der Waals surface area contributed by atoms with Crippen LogP contribution < -0.4 is 10.6 Å². The molecule has 2 heterocycles. The van der Waals surface area contributed by atoms with Crippen LogP contribution in [-0.2, 0) is 12.7 Å². The number of nitrogens with one attached hydrogen (secondary N) is 2. The zero-order valence-electron chi connectivity index (χ0n) is 18.7. The maximum absolute atomic E-state index is 12.9. The lowest BCUT2D eigenvalue weighted by atomic mass is 9.99. The van der Waals surface area contributed by atoms with Gasteiger partial charge in [-0.2, -0.15) is 13.2 Å². The van der Waals surface area contributed by atoms with E-state index in [2.05, 4.69) is 34.4 Å². The molecule has 2 aliphatic heterocycles. The van der Waals surface area contributed by atoms with E-state index in [-0.39, 0.29) is 0 Å². The summed E-state index contributed by atoms with van der Waals surface area (Å²) in [5, 5.41) is 6.93. The number of nitrogens with zero attached hydrogens (tertiary/aromatic N) is 3. The molecule has 0 spiro atoms. The van der Waals surface area contributed by atoms with Gasteiger partial charge >= 0.3 is 6.18 Å². The minimum atomic E-state index is -4.29. The fourth-order valence-electron chi connectivity index (χ4n) is 4.50. The molecule has 0 radical (unpaired) electrons. The number of likely N-dealkylation sites (tertiary alicyclic amines) is 2. The molecule has 1 atom stereocenters. The Kier molecular flexibility index (Phi) is 8.60. The average molecular weight is 440 g/mol. The number of piperidine rings is 2. The Morgan fingerprint density at radius 3 is 2.61 bits per heavy atom. The highest BCUT2D eigenvalue weighted by Gasteiger charge is 2.30. The minimum Gasteiger partial charge on any atom is -0.357 e. The summed E-state index contributed by atoms with van der Waals surface area (Å²) in [5.74, 6) is 1.50. The molecular formula is C23H36F3N5. The number of halogens is 3. The summed E-state index contributed by atoms with van der Waals surface area (Å²) in [7, 11) is 2.17. The highest BCUT2D eigenvalue weighted by atomic mass is 19.4. The van der Waals surface area contributed by atoms with Crippen LogP contribution in [0.25, 0.3) is 0 Å². The summed E-state index contributed by atoms with van der Waals surface area (Å²) in [6.45, 7) is 8.30. The number of guanidine groups is 1. The standard InChI is InChI=1S/C23H36F3N5/c1-3-27-22(28-15-19-7-5-11-30(2)16-19)29-21-9-12-31(13-10-21)17-18-6-4-8-20(14-18)23(24,25)26/h4,6,8,14,19,21H,3,5,7,9-13,15-17H2,1-2H3,(H2,27,28,29). The largest absolute Gasteiger partial charge is 0.416 e. The molecule has 3 rings (SSSR count). The van der Waals surface area contributed by atoms with E-state index in [1.54, 1.807) is 6.07 Å². The second kappa shape index (κ2) is 11.2. The molecule has 0 amide bonds. The van der Waals surface area contributed by atoms with Crippen LogP contribution in [0.15, 0.2) is 29.3 Å². The predicted octanol–water partition coefficient (Wildman–Crippen LogP) is 3.57. The molecular weight excluding hydrogens is 403 g/mol. The number of aliphatic imine (C=N–C) groups is 1. The van der Waals surface area contributed by atoms with Crippen LogP contribution in [0.4, 0.5) is 13.2 Å². The van der Waals surface area contributed by atoms with Gasteiger partial charge in [0.05, 0.1) is 5.56 Å². The molecule has 31 heavy (non-hydrogen) atoms. The van der Waals surface area contributed by atoms with Gasteiger partial charge in [-0.05, 0) is 63.7 Å². The van der Waals surface area contributed by atoms with Crippen molar-refractivity contribution >= 4 is 5.96 Å². The van der Waals surface area contributed by atoms with Crippen LogP contribution in [0, 0.1) is 5.92 Å². The average Bonchev–Trinajstić information content (AvgIpc) is 2.73. The van der Waals surface area contributed by atoms with Gasteiger partial charge in [-0.15, -0.1) is 0 Å². The van der Waals surface area contributed by atoms with Crippen LogP contribution in [0.5, 0.6) is 0 Å². The molecule has 174 valence electrons. The topological polar surface area (TPSA) is 42.9 Å². The summed E-state index contributed by atoms with van der Waals surface area (Å²) < 4.78 is 38.8. The van der Waals surface area contributed by atoms with E-state index in [1.807, 2.05) is 0 Å². The number of hydrogen-bond acceptors (Lipinski definition) is 3. The lowest BCUT2D eigenvalue weighted by Gasteiger charge is -2.33. The summed E-state index contributed by atoms with van der Waals surface area (Å²) in [4.78, 5) is 9.44. The third kappa shape index (κ3) is 7.68. The monoisotopic (exact) mass is 439 g/mol. The van der Waals surface area contributed by atoms with Crippen molar-refractivity contribution < 1.29 is 13.2 Å². The molecule has 1 unspecified atom stereocenters. The van der Waals surface area contributed by atoms with Crippen molar-refractivity contribution in [1.82, 2.24) is 20.4 Å². The summed E-state index contributed by atoms with van der Waals surface area (Å²) >= 11 is 0. The second-order valence-electron chi connectivity index (χ2n) is 8.88. The zero-order valence-corrected chi connectivity index (χ0v) is 18.7. The zero-order chi connectivity index (χ0) is 22.3. The van der Waals surface area contributed by atoms with Gasteiger partial charge in [-0.1, -0.05) is 18.2 Å². The molecule has 0 bridgehead atoms. The van der Waals surface area contributed by atoms with Gasteiger partial charge in [0.1, 0.15) is 0 Å². The summed E-state index contributed by atoms with van der Waals surface area (Å²) in [5.41, 5.74) is 0.144. The molecule has 0 saturated carbocycles. The van der Waals surface area contributed by atoms with Crippen molar-refractivity contribution in [1.29, 1.82) is 0 Å². The summed E-state index contributed by atoms with van der Waals surface area (Å²) in [6.07, 6.45) is 0.0965. The van der Waals surface area contributed by atoms with Gasteiger partial charge in [0.25, 0.3) is 0 Å². The SMILES string of the molecule is CCNC(=NCC1CCCN(C)C1)NC1CCN(Cc2cccc(C(F)(F)F)c2)CC1. The first kappa shape index (κ1) is 23.9. The van der Waals surface area contributed by atoms with Crippen LogP contribution >= 0.6 is 0 Å². The first-order valence-corrected chi connectivity index (χ1v) is 11.5. The Morgan fingerprint density at radius 2 is 1.94 bits per heavy atom. The van der Waals surface area contributed by atoms with Gasteiger partial charge < -0.3 is 15.5 Å². The molecule has 0 aromatic heterocycles. The highest BCUT2D eigenvalue weighted by Crippen LogP contribution is 2.30. The van der Waals surface area contributed by atoms with E-state index in [4.69, 9.17) is 4.99 Å². The molecule has 0 aliphatic carbocycles. The number of hydrogen-bond donors (Lipinski definition) is 2. The molecule has 1 aromatic carbocycles. The van der Waals surface area contributed by atoms with Gasteiger partial charge in [-0.3, -0.25) is 9.89 Å². The first-order chi connectivity index (χ1) is 14.8. The van der Waals surface area contributed by atoms with E-state index in [0.717, 1.165) is 57.6 Å². The van der Waals surface area contributed by atoms with Crippen LogP contribution in [0.3, 0.4) is 0 Å². The van der Waals surface area contributed by atoms with Gasteiger partial charge in [0.15, 0.2) is 5.96 Å². The molecule has 2 fully saturated rings. The highest BCUT2D eigenvalue weighted by molar-refractivity contribution is 5.80. The van der Waals surface area contributed by atoms with Crippen molar-refractivity contribution in [3.8, 4) is 0 Å². The van der Waals surface area contributed by atoms with Gasteiger partial charge in [0, 0.05) is 45.3 Å². The lowest BCUT2D eigenvalue weighted by Crippen LogP contribution is -2.48. The van der Waals surface area contributed by atoms with E-state index < -0.39 is 11.7 Å². The van der Waals surface area contributed by atoms with E-state index in [9.17, 15) is 13.2 Å². The Balaban J connectivity index is 1.47. The molecule has 2 N–H and O–H groups in total. The first-order valence-electron chi connectivity index (χ1n) is 11.5. The Bertz CT molecular complexity index is 713. The maximum atomic E-state index is 12.9. The predicted molar refractivity (Wildman–Crippen MR) is 119 cm³/mol. The van der Waals surface area contributed by atoms with Crippen molar-refractivity contribution in [2.45, 2.75) is 51.4 Å². The molecule has 1 aromatic rings. The molecule has 5 nitrogen and oxygen atoms in total. The Hall–Kier alpha value is -1.80. The van der Waals surface area contributed by atoms with Crippen LogP contribution in [0.2, 0.25) is 0 Å². The van der Waals surface area contributed by atoms with Crippen molar-refractivity contribution in [2.75, 3.05) is 46.3 Å². The van der Waals surface area contributed by atoms with Crippen LogP contribution in [-0.4, -0.2) is 68.1 Å². The molecule has 8 heteroatoms. The number of rotatable bonds is 6. The third-order valence-electron chi connectivity index (χ3n) is 6.16. The fourth-order valence-corrected chi connectivity index (χ4v) is 4.50. The molecule has 2 saturated heterocycles. The number of benzene rings is 1. The summed E-state index contributed by atoms with van der Waals surface area (Å²) in [6, 6.07) is 6.01. The lowest BCUT2D eigenvalue weighted by molar-refractivity contribution is -0.137. The van der Waals surface area contributed by atoms with E-state index in [0.29, 0.717) is 24.1 Å². The van der Waals surface area contributed by atoms with Crippen molar-refractivity contribution in [3.05, 3.63) is 35.4 Å². The number of alkyl halides is 3. The van der Waals surface area contributed by atoms with E-state index >= 15 is 0 Å². The van der Waals surface area contributed by atoms with Gasteiger partial charge in [-0.25, -0.2) is 0 Å². The van der Waals surface area contributed by atoms with Crippen molar-refractivity contribution in [2.24, 2.45) is 10.9 Å². The molecule has 2 aliphatic rings. The quantitative estimate of drug-likeness (QED) is 0.525. The smallest absolute Gasteiger partial charge is 0.357 e. The Morgan fingerprint density at radius 1 is 1.16 bits per heavy atom. The normalized spacial score (nSPS) is 22.5. The minimum absolute atomic E-state index is 0.338. The third-order valence-corrected chi connectivity index (χ3v) is 6.16. The second-order valence-corrected chi connectivity index (χ2v) is 8.88. The van der Waals surface area contributed by atoms with E-state index in [1.165, 1.54) is 31.5 Å². The van der Waals surface area contributed by atoms with Crippen molar-refractivity contribution in [3.63, 3.8) is 0 Å².